The highest BCUT2D eigenvalue weighted by molar-refractivity contribution is 5.82. The van der Waals surface area contributed by atoms with E-state index in [1.54, 1.807) is 11.8 Å². The topological polar surface area (TPSA) is 66.8 Å². The van der Waals surface area contributed by atoms with Crippen molar-refractivity contribution in [2.75, 3.05) is 13.2 Å². The smallest absolute Gasteiger partial charge is 0.308 e. The molecule has 5 nitrogen and oxygen atoms in total. The number of carboxylic acid groups (broad SMARTS) is 1. The van der Waals surface area contributed by atoms with Gasteiger partial charge in [0, 0.05) is 19.2 Å². The minimum atomic E-state index is -0.872. The Hall–Kier alpha value is -1.10. The third-order valence-electron chi connectivity index (χ3n) is 3.50. The van der Waals surface area contributed by atoms with Gasteiger partial charge < -0.3 is 14.7 Å². The Morgan fingerprint density at radius 2 is 2.11 bits per heavy atom. The summed E-state index contributed by atoms with van der Waals surface area (Å²) in [7, 11) is 0. The van der Waals surface area contributed by atoms with Crippen molar-refractivity contribution < 1.29 is 19.4 Å². The number of carbonyl (C=O) groups excluding carboxylic acids is 1. The lowest BCUT2D eigenvalue weighted by Crippen LogP contribution is -2.47. The average molecular weight is 257 g/mol. The van der Waals surface area contributed by atoms with Gasteiger partial charge in [-0.3, -0.25) is 9.59 Å². The summed E-state index contributed by atoms with van der Waals surface area (Å²) in [5, 5.41) is 8.96. The molecular formula is C13H23NO4. The quantitative estimate of drug-likeness (QED) is 0.783. The molecule has 3 atom stereocenters. The fraction of sp³-hybridized carbons (Fsp3) is 0.846. The van der Waals surface area contributed by atoms with E-state index in [-0.39, 0.29) is 24.6 Å². The first-order valence-corrected chi connectivity index (χ1v) is 6.62. The average Bonchev–Trinajstić information content (AvgIpc) is 2.87. The van der Waals surface area contributed by atoms with Gasteiger partial charge in [-0.2, -0.15) is 0 Å². The van der Waals surface area contributed by atoms with Crippen LogP contribution in [0.25, 0.3) is 0 Å². The molecule has 3 unspecified atom stereocenters. The molecule has 5 heteroatoms. The summed E-state index contributed by atoms with van der Waals surface area (Å²) >= 11 is 0. The van der Waals surface area contributed by atoms with Gasteiger partial charge >= 0.3 is 5.97 Å². The van der Waals surface area contributed by atoms with Crippen molar-refractivity contribution in [1.82, 2.24) is 4.90 Å². The SMILES string of the molecule is CCC(C)N(CC(C)C(=O)O)C(=O)C1CCCO1. The first kappa shape index (κ1) is 15.0. The number of nitrogens with zero attached hydrogens (tertiary/aromatic N) is 1. The standard InChI is InChI=1S/C13H23NO4/c1-4-10(3)14(8-9(2)13(16)17)12(15)11-6-5-7-18-11/h9-11H,4-8H2,1-3H3,(H,16,17). The van der Waals surface area contributed by atoms with Crippen LogP contribution in [0.5, 0.6) is 0 Å². The van der Waals surface area contributed by atoms with E-state index >= 15 is 0 Å². The molecule has 0 aromatic rings. The number of amides is 1. The lowest BCUT2D eigenvalue weighted by molar-refractivity contribution is -0.147. The zero-order chi connectivity index (χ0) is 13.7. The van der Waals surface area contributed by atoms with Gasteiger partial charge in [-0.15, -0.1) is 0 Å². The molecular weight excluding hydrogens is 234 g/mol. The van der Waals surface area contributed by atoms with Gasteiger partial charge in [0.1, 0.15) is 6.10 Å². The number of ether oxygens (including phenoxy) is 1. The number of rotatable bonds is 6. The summed E-state index contributed by atoms with van der Waals surface area (Å²) in [6.45, 7) is 6.44. The second kappa shape index (κ2) is 6.73. The van der Waals surface area contributed by atoms with Gasteiger partial charge in [0.25, 0.3) is 5.91 Å². The summed E-state index contributed by atoms with van der Waals surface area (Å²) in [5.41, 5.74) is 0. The molecule has 1 aliphatic heterocycles. The Morgan fingerprint density at radius 1 is 1.44 bits per heavy atom. The molecule has 104 valence electrons. The molecule has 0 aromatic carbocycles. The van der Waals surface area contributed by atoms with Gasteiger partial charge in [-0.05, 0) is 26.2 Å². The summed E-state index contributed by atoms with van der Waals surface area (Å²) < 4.78 is 5.39. The van der Waals surface area contributed by atoms with Gasteiger partial charge in [0.05, 0.1) is 5.92 Å². The first-order valence-electron chi connectivity index (χ1n) is 6.62. The third-order valence-corrected chi connectivity index (χ3v) is 3.50. The molecule has 0 aromatic heterocycles. The molecule has 1 saturated heterocycles. The van der Waals surface area contributed by atoms with Crippen LogP contribution in [0.4, 0.5) is 0 Å². The number of carbonyl (C=O) groups is 2. The molecule has 1 heterocycles. The van der Waals surface area contributed by atoms with E-state index < -0.39 is 11.9 Å². The Balaban J connectivity index is 2.70. The molecule has 0 saturated carbocycles. The number of carboxylic acids is 1. The normalized spacial score (nSPS) is 22.5. The van der Waals surface area contributed by atoms with Gasteiger partial charge in [-0.25, -0.2) is 0 Å². The molecule has 1 rings (SSSR count). The minimum Gasteiger partial charge on any atom is -0.481 e. The van der Waals surface area contributed by atoms with E-state index in [0.29, 0.717) is 6.61 Å². The van der Waals surface area contributed by atoms with Crippen LogP contribution in [0.1, 0.15) is 40.0 Å². The van der Waals surface area contributed by atoms with E-state index in [4.69, 9.17) is 9.84 Å². The third kappa shape index (κ3) is 3.70. The largest absolute Gasteiger partial charge is 0.481 e. The molecule has 1 amide bonds. The van der Waals surface area contributed by atoms with Crippen molar-refractivity contribution in [3.63, 3.8) is 0 Å². The highest BCUT2D eigenvalue weighted by atomic mass is 16.5. The maximum absolute atomic E-state index is 12.3. The highest BCUT2D eigenvalue weighted by Crippen LogP contribution is 2.18. The maximum Gasteiger partial charge on any atom is 0.308 e. The predicted molar refractivity (Wildman–Crippen MR) is 67.2 cm³/mol. The van der Waals surface area contributed by atoms with Crippen LogP contribution in [-0.4, -0.2) is 47.2 Å². The van der Waals surface area contributed by atoms with Crippen LogP contribution < -0.4 is 0 Å². The summed E-state index contributed by atoms with van der Waals surface area (Å²) in [4.78, 5) is 24.9. The van der Waals surface area contributed by atoms with Crippen LogP contribution in [-0.2, 0) is 14.3 Å². The van der Waals surface area contributed by atoms with E-state index in [9.17, 15) is 9.59 Å². The first-order chi connectivity index (χ1) is 8.47. The zero-order valence-electron chi connectivity index (χ0n) is 11.4. The van der Waals surface area contributed by atoms with Gasteiger partial charge in [-0.1, -0.05) is 13.8 Å². The van der Waals surface area contributed by atoms with Gasteiger partial charge in [0.2, 0.25) is 0 Å². The Bertz CT molecular complexity index is 299. The van der Waals surface area contributed by atoms with E-state index in [1.807, 2.05) is 13.8 Å². The lowest BCUT2D eigenvalue weighted by Gasteiger charge is -2.32. The monoisotopic (exact) mass is 257 g/mol. The van der Waals surface area contributed by atoms with Crippen molar-refractivity contribution in [1.29, 1.82) is 0 Å². The van der Waals surface area contributed by atoms with Crippen molar-refractivity contribution >= 4 is 11.9 Å². The summed E-state index contributed by atoms with van der Waals surface area (Å²) in [5.74, 6) is -1.48. The number of hydrogen-bond donors (Lipinski definition) is 1. The minimum absolute atomic E-state index is 0.0449. The van der Waals surface area contributed by atoms with Crippen molar-refractivity contribution in [3.05, 3.63) is 0 Å². The predicted octanol–water partition coefficient (Wildman–Crippen LogP) is 1.51. The number of aliphatic carboxylic acids is 1. The van der Waals surface area contributed by atoms with Gasteiger partial charge in [0.15, 0.2) is 0 Å². The molecule has 0 bridgehead atoms. The maximum atomic E-state index is 12.3. The van der Waals surface area contributed by atoms with Crippen LogP contribution in [0.3, 0.4) is 0 Å². The van der Waals surface area contributed by atoms with Crippen LogP contribution in [0, 0.1) is 5.92 Å². The fourth-order valence-corrected chi connectivity index (χ4v) is 2.04. The van der Waals surface area contributed by atoms with Crippen molar-refractivity contribution in [3.8, 4) is 0 Å². The van der Waals surface area contributed by atoms with Crippen molar-refractivity contribution in [2.24, 2.45) is 5.92 Å². The molecule has 1 aliphatic rings. The van der Waals surface area contributed by atoms with Crippen LogP contribution in [0.15, 0.2) is 0 Å². The fourth-order valence-electron chi connectivity index (χ4n) is 2.04. The molecule has 0 radical (unpaired) electrons. The molecule has 0 spiro atoms. The lowest BCUT2D eigenvalue weighted by atomic mass is 10.1. The van der Waals surface area contributed by atoms with Crippen molar-refractivity contribution in [2.45, 2.75) is 52.2 Å². The second-order valence-electron chi connectivity index (χ2n) is 4.99. The molecule has 1 N–H and O–H groups in total. The zero-order valence-corrected chi connectivity index (χ0v) is 11.4. The van der Waals surface area contributed by atoms with E-state index in [0.717, 1.165) is 19.3 Å². The summed E-state index contributed by atoms with van der Waals surface area (Å²) in [6.07, 6.45) is 2.08. The van der Waals surface area contributed by atoms with Crippen LogP contribution in [0.2, 0.25) is 0 Å². The van der Waals surface area contributed by atoms with E-state index in [1.165, 1.54) is 0 Å². The van der Waals surface area contributed by atoms with Crippen LogP contribution >= 0.6 is 0 Å². The summed E-state index contributed by atoms with van der Waals surface area (Å²) in [6, 6.07) is 0.0449. The van der Waals surface area contributed by atoms with E-state index in [2.05, 4.69) is 0 Å². The molecule has 18 heavy (non-hydrogen) atoms. The Morgan fingerprint density at radius 3 is 2.56 bits per heavy atom. The second-order valence-corrected chi connectivity index (χ2v) is 4.99. The molecule has 1 fully saturated rings. The Labute approximate surface area is 108 Å². The molecule has 0 aliphatic carbocycles. The Kier molecular flexibility index (Phi) is 5.59. The number of hydrogen-bond acceptors (Lipinski definition) is 3. The highest BCUT2D eigenvalue weighted by Gasteiger charge is 2.32.